The minimum Gasteiger partial charge on any atom is -0.488 e. The summed E-state index contributed by atoms with van der Waals surface area (Å²) in [5, 5.41) is 2.32. The molecule has 0 aliphatic carbocycles. The smallest absolute Gasteiger partial charge is 0.340 e. The fraction of sp³-hybridized carbons (Fsp3) is 0.111. The third kappa shape index (κ3) is 3.35. The van der Waals surface area contributed by atoms with Crippen molar-refractivity contribution in [1.82, 2.24) is 0 Å². The molecule has 1 amide bonds. The van der Waals surface area contributed by atoms with Gasteiger partial charge in [0.05, 0.1) is 23.9 Å². The second kappa shape index (κ2) is 6.72. The van der Waals surface area contributed by atoms with E-state index in [0.717, 1.165) is 13.2 Å². The minimum absolute atomic E-state index is 0.00944. The molecular weight excluding hydrogens is 332 g/mol. The molecule has 2 aromatic rings. The molecule has 25 heavy (non-hydrogen) atoms. The summed E-state index contributed by atoms with van der Waals surface area (Å²) in [6.45, 7) is 0.00944. The highest BCUT2D eigenvalue weighted by Gasteiger charge is 2.21. The van der Waals surface area contributed by atoms with Crippen molar-refractivity contribution in [2.45, 2.75) is 0 Å². The fourth-order valence-corrected chi connectivity index (χ4v) is 2.36. The second-order valence-corrected chi connectivity index (χ2v) is 5.25. The summed E-state index contributed by atoms with van der Waals surface area (Å²) in [6, 6.07) is 8.55. The van der Waals surface area contributed by atoms with E-state index in [1.54, 1.807) is 30.3 Å². The van der Waals surface area contributed by atoms with E-state index in [2.05, 4.69) is 10.1 Å². The number of benzene rings is 2. The number of carbonyl (C=O) groups excluding carboxylic acids is 2. The van der Waals surface area contributed by atoms with Crippen LogP contribution in [0.25, 0.3) is 6.08 Å². The van der Waals surface area contributed by atoms with Crippen LogP contribution in [0.4, 0.5) is 14.5 Å². The van der Waals surface area contributed by atoms with Crippen molar-refractivity contribution in [2.24, 2.45) is 0 Å². The molecule has 0 bridgehead atoms. The Morgan fingerprint density at radius 1 is 1.16 bits per heavy atom. The van der Waals surface area contributed by atoms with Gasteiger partial charge in [-0.25, -0.2) is 13.6 Å². The first-order chi connectivity index (χ1) is 12.0. The highest BCUT2D eigenvalue weighted by Crippen LogP contribution is 2.27. The highest BCUT2D eigenvalue weighted by atomic mass is 19.1. The molecule has 0 atom stereocenters. The van der Waals surface area contributed by atoms with Crippen LogP contribution in [-0.2, 0) is 9.53 Å². The summed E-state index contributed by atoms with van der Waals surface area (Å²) >= 11 is 0. The monoisotopic (exact) mass is 345 g/mol. The zero-order valence-electron chi connectivity index (χ0n) is 13.1. The number of amides is 1. The number of methoxy groups -OCH3 is 1. The summed E-state index contributed by atoms with van der Waals surface area (Å²) in [5.41, 5.74) is 0.181. The number of rotatable bonds is 3. The fourth-order valence-electron chi connectivity index (χ4n) is 2.36. The van der Waals surface area contributed by atoms with Crippen LogP contribution in [0, 0.1) is 11.6 Å². The van der Waals surface area contributed by atoms with E-state index < -0.39 is 29.1 Å². The maximum absolute atomic E-state index is 13.9. The van der Waals surface area contributed by atoms with Gasteiger partial charge >= 0.3 is 5.97 Å². The third-order valence-corrected chi connectivity index (χ3v) is 3.63. The maximum atomic E-state index is 13.9. The molecular formula is C18H13F2NO4. The first-order valence-corrected chi connectivity index (χ1v) is 7.30. The predicted molar refractivity (Wildman–Crippen MR) is 86.2 cm³/mol. The second-order valence-electron chi connectivity index (χ2n) is 5.25. The largest absolute Gasteiger partial charge is 0.488 e. The minimum atomic E-state index is -1.07. The van der Waals surface area contributed by atoms with Gasteiger partial charge in [0.1, 0.15) is 24.0 Å². The summed E-state index contributed by atoms with van der Waals surface area (Å²) in [5.74, 6) is -3.02. The van der Waals surface area contributed by atoms with Crippen LogP contribution in [0.5, 0.6) is 5.75 Å². The van der Waals surface area contributed by atoms with Gasteiger partial charge in [-0.05, 0) is 18.2 Å². The molecule has 1 aliphatic heterocycles. The Labute approximate surface area is 141 Å². The van der Waals surface area contributed by atoms with Crippen LogP contribution in [0.2, 0.25) is 0 Å². The van der Waals surface area contributed by atoms with Gasteiger partial charge in [-0.2, -0.15) is 0 Å². The lowest BCUT2D eigenvalue weighted by molar-refractivity contribution is -0.113. The molecule has 0 radical (unpaired) electrons. The zero-order valence-corrected chi connectivity index (χ0v) is 13.1. The molecule has 1 aliphatic rings. The van der Waals surface area contributed by atoms with E-state index in [0.29, 0.717) is 17.4 Å². The van der Waals surface area contributed by atoms with Crippen molar-refractivity contribution in [3.8, 4) is 5.75 Å². The number of hydrogen-bond donors (Lipinski definition) is 1. The Bertz CT molecular complexity index is 893. The average molecular weight is 345 g/mol. The van der Waals surface area contributed by atoms with Crippen molar-refractivity contribution in [3.63, 3.8) is 0 Å². The van der Waals surface area contributed by atoms with E-state index in [4.69, 9.17) is 4.74 Å². The van der Waals surface area contributed by atoms with Gasteiger partial charge in [-0.1, -0.05) is 18.2 Å². The van der Waals surface area contributed by atoms with Crippen molar-refractivity contribution in [2.75, 3.05) is 19.0 Å². The number of fused-ring (bicyclic) bond motifs is 1. The molecule has 0 unspecified atom stereocenters. The number of hydrogen-bond acceptors (Lipinski definition) is 4. The van der Waals surface area contributed by atoms with Crippen LogP contribution >= 0.6 is 0 Å². The molecule has 5 nitrogen and oxygen atoms in total. The lowest BCUT2D eigenvalue weighted by Gasteiger charge is -2.17. The van der Waals surface area contributed by atoms with Gasteiger partial charge in [0.25, 0.3) is 5.91 Å². The lowest BCUT2D eigenvalue weighted by atomic mass is 10.1. The maximum Gasteiger partial charge on any atom is 0.340 e. The number of ether oxygens (including phenoxy) is 2. The van der Waals surface area contributed by atoms with Gasteiger partial charge in [0.15, 0.2) is 0 Å². The molecule has 3 rings (SSSR count). The van der Waals surface area contributed by atoms with Crippen LogP contribution < -0.4 is 10.1 Å². The Balaban J connectivity index is 1.87. The first kappa shape index (κ1) is 16.6. The molecule has 128 valence electrons. The number of anilines is 1. The van der Waals surface area contributed by atoms with Crippen LogP contribution in [0.15, 0.2) is 42.0 Å². The van der Waals surface area contributed by atoms with Gasteiger partial charge in [-0.15, -0.1) is 0 Å². The number of carbonyl (C=O) groups is 2. The van der Waals surface area contributed by atoms with Crippen LogP contribution in [-0.4, -0.2) is 25.6 Å². The molecule has 0 fully saturated rings. The number of nitrogens with one attached hydrogen (secondary N) is 1. The van der Waals surface area contributed by atoms with Crippen molar-refractivity contribution in [3.05, 3.63) is 64.7 Å². The third-order valence-electron chi connectivity index (χ3n) is 3.63. The first-order valence-electron chi connectivity index (χ1n) is 7.30. The Morgan fingerprint density at radius 2 is 1.92 bits per heavy atom. The molecule has 0 aromatic heterocycles. The molecule has 1 heterocycles. The standard InChI is InChI=1S/C18H13F2NO4/c1-24-18(23)12-7-15(14(20)8-13(12)19)21-17(22)11-6-10-4-2-3-5-16(10)25-9-11/h2-8H,9H2,1H3,(H,21,22). The lowest BCUT2D eigenvalue weighted by Crippen LogP contribution is -2.22. The number of para-hydroxylation sites is 1. The van der Waals surface area contributed by atoms with Crippen LogP contribution in [0.3, 0.4) is 0 Å². The highest BCUT2D eigenvalue weighted by molar-refractivity contribution is 6.08. The van der Waals surface area contributed by atoms with Gasteiger partial charge in [-0.3, -0.25) is 4.79 Å². The van der Waals surface area contributed by atoms with E-state index >= 15 is 0 Å². The molecule has 1 N–H and O–H groups in total. The molecule has 2 aromatic carbocycles. The van der Waals surface area contributed by atoms with Gasteiger partial charge in [0.2, 0.25) is 0 Å². The van der Waals surface area contributed by atoms with Crippen molar-refractivity contribution >= 4 is 23.6 Å². The number of esters is 1. The molecule has 0 saturated heterocycles. The van der Waals surface area contributed by atoms with E-state index in [-0.39, 0.29) is 17.9 Å². The van der Waals surface area contributed by atoms with Gasteiger partial charge in [0, 0.05) is 11.6 Å². The Kier molecular flexibility index (Phi) is 4.47. The van der Waals surface area contributed by atoms with Crippen molar-refractivity contribution < 1.29 is 27.8 Å². The van der Waals surface area contributed by atoms with E-state index in [1.807, 2.05) is 0 Å². The molecule has 7 heteroatoms. The normalized spacial score (nSPS) is 12.5. The Hall–Kier alpha value is -3.22. The topological polar surface area (TPSA) is 64.6 Å². The summed E-state index contributed by atoms with van der Waals surface area (Å²) < 4.78 is 37.4. The molecule has 0 spiro atoms. The van der Waals surface area contributed by atoms with Crippen molar-refractivity contribution in [1.29, 1.82) is 0 Å². The zero-order chi connectivity index (χ0) is 18.0. The molecule has 0 saturated carbocycles. The van der Waals surface area contributed by atoms with Gasteiger partial charge < -0.3 is 14.8 Å². The average Bonchev–Trinajstić information content (AvgIpc) is 2.62. The quantitative estimate of drug-likeness (QED) is 0.868. The Morgan fingerprint density at radius 3 is 2.68 bits per heavy atom. The summed E-state index contributed by atoms with van der Waals surface area (Å²) in [6.07, 6.45) is 1.62. The summed E-state index contributed by atoms with van der Waals surface area (Å²) in [4.78, 5) is 23.8. The van der Waals surface area contributed by atoms with E-state index in [9.17, 15) is 18.4 Å². The van der Waals surface area contributed by atoms with E-state index in [1.165, 1.54) is 0 Å². The predicted octanol–water partition coefficient (Wildman–Crippen LogP) is 3.17. The SMILES string of the molecule is COC(=O)c1cc(NC(=O)C2=Cc3ccccc3OC2)c(F)cc1F. The number of halogens is 2. The summed E-state index contributed by atoms with van der Waals surface area (Å²) in [7, 11) is 1.07. The van der Waals surface area contributed by atoms with Crippen LogP contribution in [0.1, 0.15) is 15.9 Å².